The third kappa shape index (κ3) is 5.27. The van der Waals surface area contributed by atoms with Crippen molar-refractivity contribution >= 4 is 94.2 Å². The van der Waals surface area contributed by atoms with E-state index in [-0.39, 0.29) is 0 Å². The lowest BCUT2D eigenvalue weighted by atomic mass is 10.1. The number of rotatable bonds is 7. The first kappa shape index (κ1) is 36.5. The van der Waals surface area contributed by atoms with Gasteiger partial charge in [0.1, 0.15) is 0 Å². The van der Waals surface area contributed by atoms with Crippen LogP contribution in [0, 0.1) is 0 Å². The van der Waals surface area contributed by atoms with Crippen LogP contribution in [0.3, 0.4) is 0 Å². The molecule has 13 aromatic rings. The molecule has 0 spiro atoms. The van der Waals surface area contributed by atoms with Crippen molar-refractivity contribution in [1.82, 2.24) is 13.7 Å². The average molecular weight is 832 g/mol. The second kappa shape index (κ2) is 14.5. The standard InChI is InChI=1S/C60H41N3Si/c1-5-21-42(22-6-1)61-54-33-17-15-31-50(54)52-38-37-43(40-58(52)61)63-57-36-20-16-32-51(57)53-39-44(62-55-34-18-13-29-48(55)49-30-14-19-35-56(49)62)41-59(60(53)63)64(45-23-7-2-8-24-45,46-25-9-3-10-26-46)47-27-11-4-12-28-47/h1-41H. The van der Waals surface area contributed by atoms with E-state index in [1.54, 1.807) is 0 Å². The monoisotopic (exact) mass is 831 g/mol. The second-order valence-electron chi connectivity index (χ2n) is 16.8. The molecule has 4 heteroatoms. The largest absolute Gasteiger partial charge is 0.309 e. The van der Waals surface area contributed by atoms with Gasteiger partial charge in [0.15, 0.2) is 8.07 Å². The molecule has 3 heterocycles. The molecule has 0 saturated carbocycles. The van der Waals surface area contributed by atoms with Crippen LogP contribution in [0.4, 0.5) is 0 Å². The summed E-state index contributed by atoms with van der Waals surface area (Å²) in [6, 6.07) is 92.6. The highest BCUT2D eigenvalue weighted by Gasteiger charge is 2.44. The van der Waals surface area contributed by atoms with E-state index >= 15 is 0 Å². The molecule has 3 aromatic heterocycles. The lowest BCUT2D eigenvalue weighted by Gasteiger charge is -2.35. The number of hydrogen-bond donors (Lipinski definition) is 0. The van der Waals surface area contributed by atoms with Crippen molar-refractivity contribution in [2.45, 2.75) is 0 Å². The predicted molar refractivity (Wildman–Crippen MR) is 273 cm³/mol. The van der Waals surface area contributed by atoms with Crippen LogP contribution < -0.4 is 20.7 Å². The molecule has 0 aliphatic heterocycles. The molecule has 0 N–H and O–H groups in total. The van der Waals surface area contributed by atoms with Gasteiger partial charge >= 0.3 is 0 Å². The highest BCUT2D eigenvalue weighted by Crippen LogP contribution is 2.39. The summed E-state index contributed by atoms with van der Waals surface area (Å²) in [7, 11) is -3.15. The Morgan fingerprint density at radius 1 is 0.234 bits per heavy atom. The van der Waals surface area contributed by atoms with Crippen molar-refractivity contribution in [3.05, 3.63) is 249 Å². The van der Waals surface area contributed by atoms with Crippen molar-refractivity contribution in [3.63, 3.8) is 0 Å². The first-order chi connectivity index (χ1) is 31.8. The number of benzene rings is 10. The molecule has 10 aromatic carbocycles. The number of fused-ring (bicyclic) bond motifs is 9. The Morgan fingerprint density at radius 2 is 0.609 bits per heavy atom. The van der Waals surface area contributed by atoms with Crippen LogP contribution in [0.1, 0.15) is 0 Å². The van der Waals surface area contributed by atoms with Gasteiger partial charge in [-0.05, 0) is 81.4 Å². The second-order valence-corrected chi connectivity index (χ2v) is 20.6. The quantitative estimate of drug-likeness (QED) is 0.112. The highest BCUT2D eigenvalue weighted by atomic mass is 28.3. The Balaban J connectivity index is 1.25. The summed E-state index contributed by atoms with van der Waals surface area (Å²) in [5.74, 6) is 0. The molecule has 0 unspecified atom stereocenters. The first-order valence-electron chi connectivity index (χ1n) is 22.1. The van der Waals surface area contributed by atoms with Crippen molar-refractivity contribution in [3.8, 4) is 17.1 Å². The molecule has 64 heavy (non-hydrogen) atoms. The van der Waals surface area contributed by atoms with E-state index in [9.17, 15) is 0 Å². The zero-order chi connectivity index (χ0) is 42.2. The van der Waals surface area contributed by atoms with E-state index in [1.165, 1.54) is 86.2 Å². The lowest BCUT2D eigenvalue weighted by Crippen LogP contribution is -2.75. The summed E-state index contributed by atoms with van der Waals surface area (Å²) >= 11 is 0. The minimum absolute atomic E-state index is 1.13. The fourth-order valence-electron chi connectivity index (χ4n) is 11.0. The fourth-order valence-corrected chi connectivity index (χ4v) is 15.9. The zero-order valence-electron chi connectivity index (χ0n) is 35.0. The Hall–Kier alpha value is -8.18. The number of nitrogens with zero attached hydrogens (tertiary/aromatic N) is 3. The Morgan fingerprint density at radius 3 is 1.09 bits per heavy atom. The SMILES string of the molecule is c1ccc(-n2c3ccccc3c3ccc(-n4c5ccccc5c5cc(-n6c7ccccc7c7ccccc76)cc([Si](c6ccccc6)(c6ccccc6)c6ccccc6)c54)cc32)cc1. The summed E-state index contributed by atoms with van der Waals surface area (Å²) in [6.45, 7) is 0. The normalized spacial score (nSPS) is 12.1. The molecule has 0 radical (unpaired) electrons. The Labute approximate surface area is 372 Å². The maximum atomic E-state index is 2.58. The van der Waals surface area contributed by atoms with Crippen LogP contribution in [0.15, 0.2) is 249 Å². The third-order valence-electron chi connectivity index (χ3n) is 13.5. The Bertz CT molecular complexity index is 3730. The number of hydrogen-bond acceptors (Lipinski definition) is 0. The molecule has 0 fully saturated rings. The van der Waals surface area contributed by atoms with Crippen LogP contribution in [0.5, 0.6) is 0 Å². The van der Waals surface area contributed by atoms with Crippen LogP contribution in [0.2, 0.25) is 0 Å². The molecule has 0 saturated heterocycles. The summed E-state index contributed by atoms with van der Waals surface area (Å²) in [4.78, 5) is 0. The number of aromatic nitrogens is 3. The number of para-hydroxylation sites is 5. The van der Waals surface area contributed by atoms with E-state index in [2.05, 4.69) is 262 Å². The molecular weight excluding hydrogens is 791 g/mol. The fraction of sp³-hybridized carbons (Fsp3) is 0. The summed E-state index contributed by atoms with van der Waals surface area (Å²) in [5, 5.41) is 12.8. The van der Waals surface area contributed by atoms with E-state index in [0.29, 0.717) is 0 Å². The molecule has 0 bridgehead atoms. The smallest absolute Gasteiger partial charge is 0.181 e. The third-order valence-corrected chi connectivity index (χ3v) is 18.3. The average Bonchev–Trinajstić information content (AvgIpc) is 4.01. The maximum Gasteiger partial charge on any atom is 0.181 e. The topological polar surface area (TPSA) is 14.8 Å². The molecular formula is C60H41N3Si. The molecule has 0 aliphatic rings. The minimum Gasteiger partial charge on any atom is -0.309 e. The van der Waals surface area contributed by atoms with Gasteiger partial charge in [0.05, 0.1) is 33.1 Å². The molecule has 3 nitrogen and oxygen atoms in total. The zero-order valence-corrected chi connectivity index (χ0v) is 36.0. The van der Waals surface area contributed by atoms with Gasteiger partial charge in [0.2, 0.25) is 0 Å². The lowest BCUT2D eigenvalue weighted by molar-refractivity contribution is 1.15. The van der Waals surface area contributed by atoms with Gasteiger partial charge < -0.3 is 13.7 Å². The van der Waals surface area contributed by atoms with E-state index < -0.39 is 8.07 Å². The predicted octanol–water partition coefficient (Wildman–Crippen LogP) is 12.4. The van der Waals surface area contributed by atoms with Crippen LogP contribution in [-0.4, -0.2) is 21.8 Å². The van der Waals surface area contributed by atoms with Gasteiger partial charge in [-0.15, -0.1) is 0 Å². The molecule has 300 valence electrons. The van der Waals surface area contributed by atoms with Crippen LogP contribution in [0.25, 0.3) is 82.5 Å². The van der Waals surface area contributed by atoms with Gasteiger partial charge in [-0.1, -0.05) is 188 Å². The summed E-state index contributed by atoms with van der Waals surface area (Å²) < 4.78 is 7.52. The van der Waals surface area contributed by atoms with Crippen molar-refractivity contribution in [2.75, 3.05) is 0 Å². The first-order valence-corrected chi connectivity index (χ1v) is 24.1. The molecule has 13 rings (SSSR count). The maximum absolute atomic E-state index is 3.15. The van der Waals surface area contributed by atoms with E-state index in [1.807, 2.05) is 0 Å². The summed E-state index contributed by atoms with van der Waals surface area (Å²) in [6.07, 6.45) is 0. The van der Waals surface area contributed by atoms with Gasteiger partial charge in [-0.25, -0.2) is 0 Å². The van der Waals surface area contributed by atoms with E-state index in [4.69, 9.17) is 0 Å². The minimum atomic E-state index is -3.15. The van der Waals surface area contributed by atoms with Gasteiger partial charge in [-0.2, -0.15) is 0 Å². The molecule has 0 atom stereocenters. The van der Waals surface area contributed by atoms with Crippen LogP contribution in [-0.2, 0) is 0 Å². The van der Waals surface area contributed by atoms with Crippen molar-refractivity contribution in [2.24, 2.45) is 0 Å². The van der Waals surface area contributed by atoms with Gasteiger partial charge in [0.25, 0.3) is 0 Å². The summed E-state index contributed by atoms with van der Waals surface area (Å²) in [5.41, 5.74) is 10.6. The molecule has 0 aliphatic carbocycles. The van der Waals surface area contributed by atoms with Crippen molar-refractivity contribution < 1.29 is 0 Å². The van der Waals surface area contributed by atoms with Crippen molar-refractivity contribution in [1.29, 1.82) is 0 Å². The van der Waals surface area contributed by atoms with Gasteiger partial charge in [0, 0.05) is 49.4 Å². The Kier molecular flexibility index (Phi) is 8.23. The highest BCUT2D eigenvalue weighted by molar-refractivity contribution is 7.20. The van der Waals surface area contributed by atoms with E-state index in [0.717, 1.165) is 17.1 Å². The van der Waals surface area contributed by atoms with Gasteiger partial charge in [-0.3, -0.25) is 0 Å². The molecule has 0 amide bonds. The van der Waals surface area contributed by atoms with Crippen LogP contribution >= 0.6 is 0 Å².